The minimum atomic E-state index is 0.219. The summed E-state index contributed by atoms with van der Waals surface area (Å²) in [5, 5.41) is 0.690. The van der Waals surface area contributed by atoms with Crippen LogP contribution in [0.15, 0.2) is 28.5 Å². The van der Waals surface area contributed by atoms with Gasteiger partial charge in [-0.05, 0) is 30.5 Å². The maximum atomic E-state index is 11.9. The van der Waals surface area contributed by atoms with E-state index < -0.39 is 0 Å². The number of carbonyl (C=O) groups is 1. The molecule has 6 nitrogen and oxygen atoms in total. The molecule has 0 radical (unpaired) electrons. The standard InChI is InChI=1S/C15H13N5OS.C2H6/c1-7-4-8-2-3-10(21)9(8)5-11(7)22-15-19-12-13(16)17-6-18-14(12)20-15;1-2/h4-6H,2-3H2,1H3,(H3,16,17,18,19,20);1-2H3. The molecule has 0 atom stereocenters. The fourth-order valence-corrected chi connectivity index (χ4v) is 3.57. The molecule has 3 N–H and O–H groups in total. The number of hydrogen-bond acceptors (Lipinski definition) is 6. The number of fused-ring (bicyclic) bond motifs is 2. The molecule has 1 aliphatic rings. The van der Waals surface area contributed by atoms with Gasteiger partial charge >= 0.3 is 0 Å². The van der Waals surface area contributed by atoms with Crippen LogP contribution in [0.1, 0.15) is 41.8 Å². The molecule has 0 spiro atoms. The van der Waals surface area contributed by atoms with Gasteiger partial charge < -0.3 is 10.7 Å². The van der Waals surface area contributed by atoms with Crippen molar-refractivity contribution in [1.29, 1.82) is 0 Å². The number of hydrogen-bond donors (Lipinski definition) is 2. The third kappa shape index (κ3) is 2.87. The number of nitrogens with one attached hydrogen (secondary N) is 1. The first-order chi connectivity index (χ1) is 11.6. The van der Waals surface area contributed by atoms with Crippen molar-refractivity contribution in [3.63, 3.8) is 0 Å². The van der Waals surface area contributed by atoms with E-state index in [9.17, 15) is 4.79 Å². The molecule has 24 heavy (non-hydrogen) atoms. The Hall–Kier alpha value is -2.41. The van der Waals surface area contributed by atoms with Gasteiger partial charge in [0.2, 0.25) is 0 Å². The maximum Gasteiger partial charge on any atom is 0.183 e. The summed E-state index contributed by atoms with van der Waals surface area (Å²) in [6.07, 6.45) is 2.85. The van der Waals surface area contributed by atoms with Crippen LogP contribution < -0.4 is 5.73 Å². The first kappa shape index (κ1) is 16.4. The summed E-state index contributed by atoms with van der Waals surface area (Å²) in [5.74, 6) is 0.599. The molecule has 7 heteroatoms. The largest absolute Gasteiger partial charge is 0.382 e. The zero-order valence-electron chi connectivity index (χ0n) is 13.9. The zero-order valence-corrected chi connectivity index (χ0v) is 14.7. The number of rotatable bonds is 2. The molecule has 0 unspecified atom stereocenters. The van der Waals surface area contributed by atoms with Gasteiger partial charge in [0, 0.05) is 16.9 Å². The number of anilines is 1. The van der Waals surface area contributed by atoms with Crippen molar-refractivity contribution in [3.8, 4) is 0 Å². The van der Waals surface area contributed by atoms with Crippen LogP contribution >= 0.6 is 11.8 Å². The molecule has 2 heterocycles. The number of imidazole rings is 1. The van der Waals surface area contributed by atoms with Gasteiger partial charge in [0.25, 0.3) is 0 Å². The normalized spacial score (nSPS) is 12.9. The maximum absolute atomic E-state index is 11.9. The van der Waals surface area contributed by atoms with Crippen molar-refractivity contribution in [2.24, 2.45) is 0 Å². The molecule has 1 aliphatic carbocycles. The van der Waals surface area contributed by atoms with Gasteiger partial charge in [-0.15, -0.1) is 0 Å². The third-order valence-corrected chi connectivity index (χ3v) is 4.87. The van der Waals surface area contributed by atoms with Gasteiger partial charge in [-0.2, -0.15) is 0 Å². The Kier molecular flexibility index (Phi) is 4.53. The number of Topliss-reactive ketones (excluding diaryl/α,β-unsaturated/α-hetero) is 1. The van der Waals surface area contributed by atoms with Crippen LogP contribution in [0.5, 0.6) is 0 Å². The average Bonchev–Trinajstić information content (AvgIpc) is 3.15. The lowest BCUT2D eigenvalue weighted by Crippen LogP contribution is -1.93. The van der Waals surface area contributed by atoms with Crippen molar-refractivity contribution in [2.75, 3.05) is 5.73 Å². The minimum Gasteiger partial charge on any atom is -0.382 e. The summed E-state index contributed by atoms with van der Waals surface area (Å²) in [4.78, 5) is 28.5. The second-order valence-electron chi connectivity index (χ2n) is 5.30. The van der Waals surface area contributed by atoms with Gasteiger partial charge in [-0.1, -0.05) is 31.7 Å². The van der Waals surface area contributed by atoms with Crippen LogP contribution in [-0.4, -0.2) is 25.7 Å². The van der Waals surface area contributed by atoms with Crippen LogP contribution in [0, 0.1) is 6.92 Å². The van der Waals surface area contributed by atoms with E-state index in [2.05, 4.69) is 26.0 Å². The Morgan fingerprint density at radius 3 is 2.75 bits per heavy atom. The predicted molar refractivity (Wildman–Crippen MR) is 95.4 cm³/mol. The van der Waals surface area contributed by atoms with Gasteiger partial charge in [0.05, 0.1) is 0 Å². The molecule has 0 saturated carbocycles. The van der Waals surface area contributed by atoms with Crippen LogP contribution in [0.25, 0.3) is 11.2 Å². The Balaban J connectivity index is 0.000000815. The summed E-state index contributed by atoms with van der Waals surface area (Å²) in [6, 6.07) is 4.06. The van der Waals surface area contributed by atoms with Crippen molar-refractivity contribution >= 4 is 34.5 Å². The summed E-state index contributed by atoms with van der Waals surface area (Å²) >= 11 is 1.47. The lowest BCUT2D eigenvalue weighted by atomic mass is 10.1. The van der Waals surface area contributed by atoms with Crippen LogP contribution in [-0.2, 0) is 6.42 Å². The Bertz CT molecular complexity index is 919. The van der Waals surface area contributed by atoms with Gasteiger partial charge in [0.1, 0.15) is 11.8 Å². The second kappa shape index (κ2) is 6.60. The number of aromatic amines is 1. The topological polar surface area (TPSA) is 97.5 Å². The number of ketones is 1. The van der Waals surface area contributed by atoms with Crippen LogP contribution in [0.3, 0.4) is 0 Å². The van der Waals surface area contributed by atoms with E-state index in [1.165, 1.54) is 18.1 Å². The molecule has 0 fully saturated rings. The number of aryl methyl sites for hydroxylation is 2. The highest BCUT2D eigenvalue weighted by Gasteiger charge is 2.21. The summed E-state index contributed by atoms with van der Waals surface area (Å²) in [7, 11) is 0. The highest BCUT2D eigenvalue weighted by atomic mass is 32.2. The first-order valence-corrected chi connectivity index (χ1v) is 8.74. The second-order valence-corrected chi connectivity index (χ2v) is 6.33. The summed E-state index contributed by atoms with van der Waals surface area (Å²) in [6.45, 7) is 6.04. The molecular weight excluding hydrogens is 322 g/mol. The lowest BCUT2D eigenvalue weighted by Gasteiger charge is -2.06. The fraction of sp³-hybridized carbons (Fsp3) is 0.294. The molecule has 1 aromatic carbocycles. The fourth-order valence-electron chi connectivity index (χ4n) is 2.68. The highest BCUT2D eigenvalue weighted by molar-refractivity contribution is 7.99. The number of nitrogens with two attached hydrogens (primary N) is 1. The van der Waals surface area contributed by atoms with Crippen LogP contribution in [0.2, 0.25) is 0 Å². The number of benzene rings is 1. The molecule has 124 valence electrons. The summed E-state index contributed by atoms with van der Waals surface area (Å²) < 4.78 is 0. The van der Waals surface area contributed by atoms with Gasteiger partial charge in [0.15, 0.2) is 22.4 Å². The van der Waals surface area contributed by atoms with E-state index in [0.29, 0.717) is 28.6 Å². The van der Waals surface area contributed by atoms with Crippen LogP contribution in [0.4, 0.5) is 5.82 Å². The molecule has 0 aliphatic heterocycles. The van der Waals surface area contributed by atoms with E-state index in [4.69, 9.17) is 5.73 Å². The number of H-pyrrole nitrogens is 1. The highest BCUT2D eigenvalue weighted by Crippen LogP contribution is 2.34. The summed E-state index contributed by atoms with van der Waals surface area (Å²) in [5.41, 5.74) is 10.1. The van der Waals surface area contributed by atoms with Gasteiger partial charge in [-0.25, -0.2) is 15.0 Å². The molecule has 3 aromatic rings. The Morgan fingerprint density at radius 1 is 1.21 bits per heavy atom. The monoisotopic (exact) mass is 341 g/mol. The third-order valence-electron chi connectivity index (χ3n) is 3.83. The first-order valence-electron chi connectivity index (χ1n) is 7.92. The van der Waals surface area contributed by atoms with Gasteiger partial charge in [-0.3, -0.25) is 4.79 Å². The van der Waals surface area contributed by atoms with Crippen molar-refractivity contribution < 1.29 is 4.79 Å². The van der Waals surface area contributed by atoms with Crippen molar-refractivity contribution in [1.82, 2.24) is 19.9 Å². The molecular formula is C17H19N5OS. The molecule has 0 saturated heterocycles. The number of nitrogens with zero attached hydrogens (tertiary/aromatic N) is 3. The number of aromatic nitrogens is 4. The molecule has 4 rings (SSSR count). The average molecular weight is 341 g/mol. The van der Waals surface area contributed by atoms with Crippen molar-refractivity contribution in [3.05, 3.63) is 35.2 Å². The number of carbonyl (C=O) groups excluding carboxylic acids is 1. The predicted octanol–water partition coefficient (Wildman–Crippen LogP) is 3.55. The van der Waals surface area contributed by atoms with E-state index in [1.807, 2.05) is 26.8 Å². The smallest absolute Gasteiger partial charge is 0.183 e. The Morgan fingerprint density at radius 2 is 2.00 bits per heavy atom. The van der Waals surface area contributed by atoms with E-state index >= 15 is 0 Å². The lowest BCUT2D eigenvalue weighted by molar-refractivity contribution is 0.0994. The molecule has 2 aromatic heterocycles. The molecule has 0 bridgehead atoms. The van der Waals surface area contributed by atoms with E-state index in [-0.39, 0.29) is 5.78 Å². The van der Waals surface area contributed by atoms with Crippen molar-refractivity contribution in [2.45, 2.75) is 43.7 Å². The zero-order chi connectivity index (χ0) is 17.3. The SMILES string of the molecule is CC.Cc1cc2c(cc1Sc1nc3ncnc(N)c3[nH]1)C(=O)CC2. The quantitative estimate of drug-likeness (QED) is 0.740. The number of nitrogen functional groups attached to an aromatic ring is 1. The molecule has 0 amide bonds. The Labute approximate surface area is 144 Å². The minimum absolute atomic E-state index is 0.219. The van der Waals surface area contributed by atoms with E-state index in [0.717, 1.165) is 28.0 Å². The van der Waals surface area contributed by atoms with E-state index in [1.54, 1.807) is 0 Å².